The van der Waals surface area contributed by atoms with Crippen molar-refractivity contribution >= 4 is 17.4 Å². The predicted octanol–water partition coefficient (Wildman–Crippen LogP) is 2.63. The Morgan fingerprint density at radius 2 is 2.05 bits per heavy atom. The highest BCUT2D eigenvalue weighted by molar-refractivity contribution is 6.11. The molecule has 0 aliphatic heterocycles. The number of oxime groups is 1. The maximum atomic E-state index is 13.2. The van der Waals surface area contributed by atoms with Crippen LogP contribution in [0.25, 0.3) is 0 Å². The lowest BCUT2D eigenvalue weighted by Crippen LogP contribution is -2.46. The van der Waals surface area contributed by atoms with Gasteiger partial charge >= 0.3 is 0 Å². The Kier molecular flexibility index (Phi) is 5.07. The van der Waals surface area contributed by atoms with E-state index in [0.717, 1.165) is 0 Å². The average molecular weight is 281 g/mol. The number of carbonyl (C=O) groups is 1. The molecule has 0 radical (unpaired) electrons. The summed E-state index contributed by atoms with van der Waals surface area (Å²) in [5, 5.41) is 14.5. The number of aryl methyl sites for hydroxylation is 1. The summed E-state index contributed by atoms with van der Waals surface area (Å²) in [5.41, 5.74) is 5.50. The summed E-state index contributed by atoms with van der Waals surface area (Å²) in [6.45, 7) is 5.19. The van der Waals surface area contributed by atoms with E-state index in [-0.39, 0.29) is 17.6 Å². The minimum absolute atomic E-state index is 0.126. The Morgan fingerprint density at radius 3 is 2.50 bits per heavy atom. The van der Waals surface area contributed by atoms with Gasteiger partial charge < -0.3 is 16.3 Å². The summed E-state index contributed by atoms with van der Waals surface area (Å²) < 4.78 is 13.2. The van der Waals surface area contributed by atoms with Crippen molar-refractivity contribution in [2.75, 3.05) is 5.32 Å². The Bertz CT molecular complexity index is 525. The van der Waals surface area contributed by atoms with Crippen molar-refractivity contribution < 1.29 is 14.4 Å². The maximum Gasteiger partial charge on any atom is 0.238 e. The van der Waals surface area contributed by atoms with Crippen LogP contribution < -0.4 is 11.1 Å². The second-order valence-corrected chi connectivity index (χ2v) is 4.69. The van der Waals surface area contributed by atoms with Gasteiger partial charge in [0.25, 0.3) is 0 Å². The van der Waals surface area contributed by atoms with Crippen molar-refractivity contribution in [3.63, 3.8) is 0 Å². The lowest BCUT2D eigenvalue weighted by Gasteiger charge is -2.28. The van der Waals surface area contributed by atoms with Crippen LogP contribution in [0, 0.1) is 18.2 Å². The molecule has 1 aromatic carbocycles. The van der Waals surface area contributed by atoms with Crippen LogP contribution in [-0.2, 0) is 4.79 Å². The van der Waals surface area contributed by atoms with Gasteiger partial charge in [-0.2, -0.15) is 0 Å². The van der Waals surface area contributed by atoms with Crippen LogP contribution in [0.5, 0.6) is 0 Å². The number of anilines is 1. The van der Waals surface area contributed by atoms with Crippen molar-refractivity contribution in [2.45, 2.75) is 33.6 Å². The molecule has 0 aliphatic carbocycles. The summed E-state index contributed by atoms with van der Waals surface area (Å²) in [7, 11) is 0. The summed E-state index contributed by atoms with van der Waals surface area (Å²) >= 11 is 0. The van der Waals surface area contributed by atoms with Crippen molar-refractivity contribution in [3.8, 4) is 0 Å². The van der Waals surface area contributed by atoms with E-state index in [1.165, 1.54) is 18.2 Å². The molecule has 0 atom stereocenters. The number of nitrogens with zero attached hydrogens (tertiary/aromatic N) is 1. The molecule has 0 fully saturated rings. The molecule has 0 saturated heterocycles. The highest BCUT2D eigenvalue weighted by Gasteiger charge is 2.39. The second-order valence-electron chi connectivity index (χ2n) is 4.69. The van der Waals surface area contributed by atoms with Gasteiger partial charge in [-0.1, -0.05) is 19.0 Å². The number of carbonyl (C=O) groups excluding carboxylic acids is 1. The van der Waals surface area contributed by atoms with E-state index in [0.29, 0.717) is 24.1 Å². The topological polar surface area (TPSA) is 87.7 Å². The van der Waals surface area contributed by atoms with Gasteiger partial charge in [-0.15, -0.1) is 0 Å². The molecule has 1 aromatic rings. The zero-order chi connectivity index (χ0) is 15.3. The van der Waals surface area contributed by atoms with Gasteiger partial charge in [0.1, 0.15) is 11.2 Å². The number of amides is 1. The van der Waals surface area contributed by atoms with Gasteiger partial charge in [0, 0.05) is 5.69 Å². The van der Waals surface area contributed by atoms with Crippen molar-refractivity contribution in [1.82, 2.24) is 0 Å². The van der Waals surface area contributed by atoms with Crippen LogP contribution in [0.4, 0.5) is 10.1 Å². The molecular weight excluding hydrogens is 261 g/mol. The number of hydrogen-bond acceptors (Lipinski definition) is 3. The molecule has 0 aromatic heterocycles. The van der Waals surface area contributed by atoms with E-state index < -0.39 is 5.41 Å². The van der Waals surface area contributed by atoms with E-state index >= 15 is 0 Å². The SMILES string of the molecule is CCC(CC)(C(=O)Nc1ccc(F)c(C)c1)C(N)=NO. The fraction of sp³-hybridized carbons (Fsp3) is 0.429. The van der Waals surface area contributed by atoms with Crippen LogP contribution >= 0.6 is 0 Å². The molecule has 0 spiro atoms. The normalized spacial score (nSPS) is 12.3. The highest BCUT2D eigenvalue weighted by atomic mass is 19.1. The zero-order valence-corrected chi connectivity index (χ0v) is 11.9. The van der Waals surface area contributed by atoms with Gasteiger partial charge in [0.2, 0.25) is 5.91 Å². The molecule has 0 aliphatic rings. The van der Waals surface area contributed by atoms with Crippen LogP contribution in [0.15, 0.2) is 23.4 Å². The molecule has 5 nitrogen and oxygen atoms in total. The fourth-order valence-electron chi connectivity index (χ4n) is 2.12. The number of amidine groups is 1. The smallest absolute Gasteiger partial charge is 0.238 e. The molecule has 0 heterocycles. The van der Waals surface area contributed by atoms with E-state index in [4.69, 9.17) is 10.9 Å². The number of benzene rings is 1. The third-order valence-corrected chi connectivity index (χ3v) is 3.66. The quantitative estimate of drug-likeness (QED) is 0.335. The van der Waals surface area contributed by atoms with E-state index in [1.54, 1.807) is 20.8 Å². The standard InChI is InChI=1S/C14H20FN3O2/c1-4-14(5-2,12(16)18-20)13(19)17-10-6-7-11(15)9(3)8-10/h6-8,20H,4-5H2,1-3H3,(H2,16,18)(H,17,19). The molecule has 0 unspecified atom stereocenters. The first-order valence-electron chi connectivity index (χ1n) is 6.46. The van der Waals surface area contributed by atoms with Crippen molar-refractivity contribution in [2.24, 2.45) is 16.3 Å². The van der Waals surface area contributed by atoms with Gasteiger partial charge in [-0.3, -0.25) is 4.79 Å². The van der Waals surface area contributed by atoms with Crippen molar-refractivity contribution in [1.29, 1.82) is 0 Å². The number of hydrogen-bond donors (Lipinski definition) is 3. The van der Waals surface area contributed by atoms with Gasteiger partial charge in [0.05, 0.1) is 0 Å². The Morgan fingerprint density at radius 1 is 1.45 bits per heavy atom. The average Bonchev–Trinajstić information content (AvgIpc) is 2.44. The Balaban J connectivity index is 3.06. The van der Waals surface area contributed by atoms with Crippen LogP contribution in [0.1, 0.15) is 32.3 Å². The second kappa shape index (κ2) is 6.36. The summed E-state index contributed by atoms with van der Waals surface area (Å²) in [6, 6.07) is 4.30. The Labute approximate surface area is 117 Å². The molecule has 4 N–H and O–H groups in total. The van der Waals surface area contributed by atoms with Crippen LogP contribution in [-0.4, -0.2) is 17.0 Å². The number of nitrogens with two attached hydrogens (primary N) is 1. The van der Waals surface area contributed by atoms with E-state index in [9.17, 15) is 9.18 Å². The fourth-order valence-corrected chi connectivity index (χ4v) is 2.12. The number of rotatable bonds is 5. The largest absolute Gasteiger partial charge is 0.409 e. The summed E-state index contributed by atoms with van der Waals surface area (Å²) in [4.78, 5) is 12.4. The monoisotopic (exact) mass is 281 g/mol. The molecule has 1 rings (SSSR count). The third-order valence-electron chi connectivity index (χ3n) is 3.66. The lowest BCUT2D eigenvalue weighted by atomic mass is 9.80. The first-order valence-corrected chi connectivity index (χ1v) is 6.46. The van der Waals surface area contributed by atoms with Gasteiger partial charge in [-0.05, 0) is 43.5 Å². The minimum atomic E-state index is -1.07. The predicted molar refractivity (Wildman–Crippen MR) is 76.2 cm³/mol. The Hall–Kier alpha value is -2.11. The highest BCUT2D eigenvalue weighted by Crippen LogP contribution is 2.29. The molecule has 6 heteroatoms. The van der Waals surface area contributed by atoms with Crippen molar-refractivity contribution in [3.05, 3.63) is 29.6 Å². The zero-order valence-electron chi connectivity index (χ0n) is 11.9. The van der Waals surface area contributed by atoms with Crippen LogP contribution in [0.2, 0.25) is 0 Å². The number of halogens is 1. The summed E-state index contributed by atoms with van der Waals surface area (Å²) in [6.07, 6.45) is 0.788. The van der Waals surface area contributed by atoms with E-state index in [1.807, 2.05) is 0 Å². The molecule has 110 valence electrons. The molecule has 1 amide bonds. The molecule has 0 saturated carbocycles. The molecule has 20 heavy (non-hydrogen) atoms. The van der Waals surface area contributed by atoms with Crippen LogP contribution in [0.3, 0.4) is 0 Å². The maximum absolute atomic E-state index is 13.2. The van der Waals surface area contributed by atoms with Gasteiger partial charge in [-0.25, -0.2) is 4.39 Å². The first-order chi connectivity index (χ1) is 9.41. The summed E-state index contributed by atoms with van der Waals surface area (Å²) in [5.74, 6) is -0.834. The molecular formula is C14H20FN3O2. The van der Waals surface area contributed by atoms with E-state index in [2.05, 4.69) is 10.5 Å². The lowest BCUT2D eigenvalue weighted by molar-refractivity contribution is -0.122. The molecule has 0 bridgehead atoms. The van der Waals surface area contributed by atoms with Gasteiger partial charge in [0.15, 0.2) is 5.84 Å². The third kappa shape index (κ3) is 2.89. The minimum Gasteiger partial charge on any atom is -0.409 e. The first kappa shape index (κ1) is 15.9. The number of nitrogens with one attached hydrogen (secondary N) is 1.